The van der Waals surface area contributed by atoms with Gasteiger partial charge in [0, 0.05) is 7.05 Å². The molecule has 0 N–H and O–H groups in total. The molecule has 1 amide bonds. The van der Waals surface area contributed by atoms with Gasteiger partial charge in [0.25, 0.3) is 5.91 Å². The second-order valence-corrected chi connectivity index (χ2v) is 5.98. The fraction of sp³-hybridized carbons (Fsp3) is 0.176. The van der Waals surface area contributed by atoms with E-state index in [9.17, 15) is 9.18 Å². The van der Waals surface area contributed by atoms with Crippen molar-refractivity contribution in [1.82, 2.24) is 4.57 Å². The van der Waals surface area contributed by atoms with Gasteiger partial charge in [0.1, 0.15) is 11.6 Å². The molecule has 2 aromatic carbocycles. The van der Waals surface area contributed by atoms with Gasteiger partial charge in [-0.15, -0.1) is 0 Å². The lowest BCUT2D eigenvalue weighted by Gasteiger charge is -2.03. The van der Waals surface area contributed by atoms with Crippen LogP contribution in [0, 0.1) is 5.82 Å². The van der Waals surface area contributed by atoms with Gasteiger partial charge >= 0.3 is 0 Å². The number of halogens is 1. The maximum Gasteiger partial charge on any atom is 0.251 e. The van der Waals surface area contributed by atoms with Gasteiger partial charge in [-0.25, -0.2) is 4.39 Å². The number of amides is 1. The highest BCUT2D eigenvalue weighted by molar-refractivity contribution is 7.16. The van der Waals surface area contributed by atoms with Crippen molar-refractivity contribution in [3.05, 3.63) is 59.1 Å². The Morgan fingerprint density at radius 1 is 1.26 bits per heavy atom. The Labute approximate surface area is 136 Å². The number of benzene rings is 2. The van der Waals surface area contributed by atoms with Crippen LogP contribution in [0.25, 0.3) is 10.2 Å². The zero-order chi connectivity index (χ0) is 16.2. The fourth-order valence-electron chi connectivity index (χ4n) is 2.15. The lowest BCUT2D eigenvalue weighted by Crippen LogP contribution is -2.14. The molecular weight excluding hydrogens is 315 g/mol. The number of aromatic nitrogens is 1. The zero-order valence-electron chi connectivity index (χ0n) is 12.5. The third-order valence-electron chi connectivity index (χ3n) is 3.32. The molecule has 6 heteroatoms. The molecule has 1 aromatic heterocycles. The highest BCUT2D eigenvalue weighted by atomic mass is 32.1. The monoisotopic (exact) mass is 330 g/mol. The van der Waals surface area contributed by atoms with E-state index in [0.29, 0.717) is 4.80 Å². The first-order valence-corrected chi connectivity index (χ1v) is 7.95. The largest absolute Gasteiger partial charge is 0.493 e. The molecule has 0 saturated carbocycles. The second-order valence-electron chi connectivity index (χ2n) is 4.97. The van der Waals surface area contributed by atoms with Crippen molar-refractivity contribution in [2.24, 2.45) is 12.0 Å². The molecule has 4 nitrogen and oxygen atoms in total. The van der Waals surface area contributed by atoms with Crippen LogP contribution < -0.4 is 9.54 Å². The van der Waals surface area contributed by atoms with Gasteiger partial charge in [-0.2, -0.15) is 4.99 Å². The first-order chi connectivity index (χ1) is 11.1. The van der Waals surface area contributed by atoms with Crippen molar-refractivity contribution in [3.8, 4) is 5.75 Å². The predicted molar refractivity (Wildman–Crippen MR) is 87.9 cm³/mol. The molecule has 0 radical (unpaired) electrons. The van der Waals surface area contributed by atoms with Crippen molar-refractivity contribution in [2.75, 3.05) is 6.61 Å². The van der Waals surface area contributed by atoms with Crippen molar-refractivity contribution in [2.45, 2.75) is 6.42 Å². The van der Waals surface area contributed by atoms with Gasteiger partial charge in [0.05, 0.1) is 23.2 Å². The molecule has 0 aliphatic carbocycles. The molecule has 118 valence electrons. The second kappa shape index (κ2) is 6.75. The number of rotatable bonds is 4. The number of carbonyl (C=O) groups is 1. The molecule has 0 aliphatic heterocycles. The molecule has 0 unspecified atom stereocenters. The summed E-state index contributed by atoms with van der Waals surface area (Å²) < 4.78 is 21.3. The van der Waals surface area contributed by atoms with Gasteiger partial charge in [0.2, 0.25) is 0 Å². The summed E-state index contributed by atoms with van der Waals surface area (Å²) in [7, 11) is 1.81. The van der Waals surface area contributed by atoms with Crippen molar-refractivity contribution in [1.29, 1.82) is 0 Å². The number of thiazole rings is 1. The lowest BCUT2D eigenvalue weighted by molar-refractivity contribution is -0.118. The number of para-hydroxylation sites is 1. The lowest BCUT2D eigenvalue weighted by atomic mass is 10.3. The van der Waals surface area contributed by atoms with E-state index in [2.05, 4.69) is 4.99 Å². The van der Waals surface area contributed by atoms with Crippen LogP contribution in [0.1, 0.15) is 6.42 Å². The molecule has 0 saturated heterocycles. The number of carbonyl (C=O) groups excluding carboxylic acids is 1. The van der Waals surface area contributed by atoms with Gasteiger partial charge in [-0.3, -0.25) is 4.79 Å². The van der Waals surface area contributed by atoms with Crippen LogP contribution in [0.2, 0.25) is 0 Å². The van der Waals surface area contributed by atoms with Gasteiger partial charge in [-0.05, 0) is 30.3 Å². The first kappa shape index (κ1) is 15.4. The van der Waals surface area contributed by atoms with E-state index in [1.54, 1.807) is 10.6 Å². The number of nitrogens with zero attached hydrogens (tertiary/aromatic N) is 2. The Kier molecular flexibility index (Phi) is 4.52. The van der Waals surface area contributed by atoms with Crippen LogP contribution in [0.5, 0.6) is 5.75 Å². The summed E-state index contributed by atoms with van der Waals surface area (Å²) in [5.74, 6) is 0.167. The number of ether oxygens (including phenoxy) is 1. The Hall–Kier alpha value is -2.47. The Balaban J connectivity index is 1.71. The van der Waals surface area contributed by atoms with E-state index < -0.39 is 0 Å². The maximum atomic E-state index is 13.3. The average molecular weight is 330 g/mol. The summed E-state index contributed by atoms with van der Waals surface area (Å²) in [6.45, 7) is 0.273. The molecule has 3 aromatic rings. The first-order valence-electron chi connectivity index (χ1n) is 7.14. The number of hydrogen-bond acceptors (Lipinski definition) is 3. The molecule has 0 bridgehead atoms. The number of fused-ring (bicyclic) bond motifs is 1. The third-order valence-corrected chi connectivity index (χ3v) is 4.41. The molecule has 0 fully saturated rings. The summed E-state index contributed by atoms with van der Waals surface area (Å²) in [6.07, 6.45) is 0.192. The molecule has 0 atom stereocenters. The molecule has 0 aliphatic rings. The van der Waals surface area contributed by atoms with Gasteiger partial charge in [0.15, 0.2) is 4.80 Å². The van der Waals surface area contributed by atoms with Crippen molar-refractivity contribution >= 4 is 27.5 Å². The predicted octanol–water partition coefficient (Wildman–Crippen LogP) is 3.28. The molecule has 3 rings (SSSR count). The molecule has 1 heterocycles. The normalized spacial score (nSPS) is 11.8. The van der Waals surface area contributed by atoms with Crippen LogP contribution in [-0.2, 0) is 11.8 Å². The summed E-state index contributed by atoms with van der Waals surface area (Å²) in [6, 6.07) is 13.8. The standard InChI is InChI=1S/C17H15FN2O2S/c1-20-14-8-7-12(18)11-15(14)23-17(20)19-16(21)9-10-22-13-5-3-2-4-6-13/h2-8,11H,9-10H2,1H3. The minimum absolute atomic E-state index is 0.192. The quantitative estimate of drug-likeness (QED) is 0.737. The summed E-state index contributed by atoms with van der Waals surface area (Å²) in [5.41, 5.74) is 0.850. The van der Waals surface area contributed by atoms with E-state index in [4.69, 9.17) is 4.74 Å². The van der Waals surface area contributed by atoms with Crippen molar-refractivity contribution in [3.63, 3.8) is 0 Å². The highest BCUT2D eigenvalue weighted by Crippen LogP contribution is 2.17. The minimum atomic E-state index is -0.298. The van der Waals surface area contributed by atoms with Crippen LogP contribution in [0.15, 0.2) is 53.5 Å². The number of aryl methyl sites for hydroxylation is 1. The van der Waals surface area contributed by atoms with Crippen LogP contribution in [-0.4, -0.2) is 17.1 Å². The maximum absolute atomic E-state index is 13.3. The van der Waals surface area contributed by atoms with Gasteiger partial charge < -0.3 is 9.30 Å². The van der Waals surface area contributed by atoms with Crippen molar-refractivity contribution < 1.29 is 13.9 Å². The van der Waals surface area contributed by atoms with E-state index in [1.165, 1.54) is 23.5 Å². The Morgan fingerprint density at radius 2 is 2.04 bits per heavy atom. The summed E-state index contributed by atoms with van der Waals surface area (Å²) >= 11 is 1.29. The Bertz CT molecular complexity index is 900. The van der Waals surface area contributed by atoms with E-state index in [-0.39, 0.29) is 24.8 Å². The zero-order valence-corrected chi connectivity index (χ0v) is 13.3. The third kappa shape index (κ3) is 3.65. The molecular formula is C17H15FN2O2S. The average Bonchev–Trinajstić information content (AvgIpc) is 2.83. The molecule has 0 spiro atoms. The number of hydrogen-bond donors (Lipinski definition) is 0. The molecule has 23 heavy (non-hydrogen) atoms. The minimum Gasteiger partial charge on any atom is -0.493 e. The van der Waals surface area contributed by atoms with Gasteiger partial charge in [-0.1, -0.05) is 29.5 Å². The SMILES string of the molecule is Cn1c(=NC(=O)CCOc2ccccc2)sc2cc(F)ccc21. The van der Waals surface area contributed by atoms with E-state index in [0.717, 1.165) is 16.0 Å². The van der Waals surface area contributed by atoms with Crippen LogP contribution in [0.4, 0.5) is 4.39 Å². The highest BCUT2D eigenvalue weighted by Gasteiger charge is 2.06. The van der Waals surface area contributed by atoms with E-state index in [1.807, 2.05) is 37.4 Å². The smallest absolute Gasteiger partial charge is 0.251 e. The topological polar surface area (TPSA) is 43.6 Å². The fourth-order valence-corrected chi connectivity index (χ4v) is 3.21. The Morgan fingerprint density at radius 3 is 2.83 bits per heavy atom. The summed E-state index contributed by atoms with van der Waals surface area (Å²) in [4.78, 5) is 16.6. The van der Waals surface area contributed by atoms with Crippen LogP contribution >= 0.6 is 11.3 Å². The van der Waals surface area contributed by atoms with Crippen LogP contribution in [0.3, 0.4) is 0 Å². The summed E-state index contributed by atoms with van der Waals surface area (Å²) in [5, 5.41) is 0. The van der Waals surface area contributed by atoms with E-state index >= 15 is 0 Å².